The van der Waals surface area contributed by atoms with Crippen LogP contribution in [-0.2, 0) is 4.57 Å². The van der Waals surface area contributed by atoms with E-state index >= 15 is 0 Å². The maximum absolute atomic E-state index is 11.3. The molecule has 0 aliphatic carbocycles. The molecule has 1 N–H and O–H groups in total. The molecule has 2 nitrogen and oxygen atoms in total. The molecule has 0 aliphatic rings. The molecule has 0 saturated heterocycles. The van der Waals surface area contributed by atoms with Gasteiger partial charge in [-0.1, -0.05) is 26.7 Å². The molecule has 0 saturated carbocycles. The van der Waals surface area contributed by atoms with Crippen LogP contribution in [0.4, 0.5) is 0 Å². The fraction of sp³-hybridized carbons (Fsp3) is 1.00. The molecule has 12 heavy (non-hydrogen) atoms. The van der Waals surface area contributed by atoms with Gasteiger partial charge in [0, 0.05) is 12.3 Å². The first kappa shape index (κ1) is 15.7. The van der Waals surface area contributed by atoms with Gasteiger partial charge >= 0.3 is 29.6 Å². The van der Waals surface area contributed by atoms with Gasteiger partial charge in [0.2, 0.25) is 7.37 Å². The quantitative estimate of drug-likeness (QED) is 0.485. The zero-order valence-corrected chi connectivity index (χ0v) is 11.4. The first-order chi connectivity index (χ1) is 5.12. The van der Waals surface area contributed by atoms with E-state index in [0.29, 0.717) is 12.3 Å². The molecule has 0 rings (SSSR count). The Morgan fingerprint density at radius 3 is 1.75 bits per heavy atom. The molecule has 0 heterocycles. The van der Waals surface area contributed by atoms with E-state index < -0.39 is 7.37 Å². The second kappa shape index (κ2) is 8.77. The van der Waals surface area contributed by atoms with Crippen LogP contribution in [0.2, 0.25) is 0 Å². The fourth-order valence-corrected chi connectivity index (χ4v) is 2.77. The van der Waals surface area contributed by atoms with Gasteiger partial charge in [0.05, 0.1) is 0 Å². The molecule has 0 aliphatic heterocycles. The largest absolute Gasteiger partial charge is 1.00 e. The summed E-state index contributed by atoms with van der Waals surface area (Å²) in [4.78, 5) is 9.33. The maximum atomic E-state index is 11.3. The van der Waals surface area contributed by atoms with E-state index in [1.54, 1.807) is 0 Å². The maximum Gasteiger partial charge on any atom is 1.00 e. The zero-order valence-electron chi connectivity index (χ0n) is 9.55. The summed E-state index contributed by atoms with van der Waals surface area (Å²) in [6.07, 6.45) is 4.83. The standard InChI is InChI=1S/C8H19O2P.Na.H/c1-3-5-7-11(9,10)8-6-4-2;;/h3-8H2,1-2H3,(H,9,10);;/q;+1;-1. The molecule has 0 aromatic rings. The Bertz CT molecular complexity index is 132. The van der Waals surface area contributed by atoms with E-state index in [1.807, 2.05) is 13.8 Å². The molecule has 0 aromatic heterocycles. The van der Waals surface area contributed by atoms with Crippen LogP contribution in [0.1, 0.15) is 41.0 Å². The zero-order chi connectivity index (χ0) is 8.74. The third-order valence-electron chi connectivity index (χ3n) is 1.72. The van der Waals surface area contributed by atoms with Crippen molar-refractivity contribution in [2.75, 3.05) is 12.3 Å². The van der Waals surface area contributed by atoms with Gasteiger partial charge < -0.3 is 6.32 Å². The Labute approximate surface area is 99.4 Å². The SMILES string of the molecule is CCCCP(=O)(O)CCCC.[H-].[Na+]. The molecule has 0 unspecified atom stereocenters. The van der Waals surface area contributed by atoms with Crippen molar-refractivity contribution >= 4 is 7.37 Å². The summed E-state index contributed by atoms with van der Waals surface area (Å²) in [7, 11) is -2.73. The van der Waals surface area contributed by atoms with Crippen molar-refractivity contribution < 1.29 is 40.4 Å². The third kappa shape index (κ3) is 9.28. The number of unbranched alkanes of at least 4 members (excludes halogenated alkanes) is 2. The number of hydrogen-bond acceptors (Lipinski definition) is 1. The molecule has 0 aromatic carbocycles. The predicted molar refractivity (Wildman–Crippen MR) is 50.5 cm³/mol. The van der Waals surface area contributed by atoms with E-state index in [-0.39, 0.29) is 31.0 Å². The Morgan fingerprint density at radius 2 is 1.50 bits per heavy atom. The summed E-state index contributed by atoms with van der Waals surface area (Å²) in [6, 6.07) is 0. The van der Waals surface area contributed by atoms with Gasteiger partial charge in [-0.3, -0.25) is 4.57 Å². The van der Waals surface area contributed by atoms with Gasteiger partial charge in [-0.15, -0.1) is 0 Å². The van der Waals surface area contributed by atoms with Gasteiger partial charge in [0.25, 0.3) is 0 Å². The smallest absolute Gasteiger partial charge is 1.00 e. The van der Waals surface area contributed by atoms with Crippen molar-refractivity contribution in [3.8, 4) is 0 Å². The topological polar surface area (TPSA) is 37.3 Å². The Morgan fingerprint density at radius 1 is 1.17 bits per heavy atom. The van der Waals surface area contributed by atoms with Crippen molar-refractivity contribution in [2.24, 2.45) is 0 Å². The minimum atomic E-state index is -2.73. The molecule has 70 valence electrons. The minimum absolute atomic E-state index is 0. The first-order valence-corrected chi connectivity index (χ1v) is 6.46. The second-order valence-electron chi connectivity index (χ2n) is 3.00. The van der Waals surface area contributed by atoms with Gasteiger partial charge in [0.15, 0.2) is 0 Å². The van der Waals surface area contributed by atoms with Crippen LogP contribution < -0.4 is 29.6 Å². The third-order valence-corrected chi connectivity index (χ3v) is 3.75. The number of hydrogen-bond donors (Lipinski definition) is 1. The van der Waals surface area contributed by atoms with Crippen LogP contribution in [0.3, 0.4) is 0 Å². The molecule has 0 spiro atoms. The van der Waals surface area contributed by atoms with Crippen LogP contribution in [0.25, 0.3) is 0 Å². The van der Waals surface area contributed by atoms with Crippen molar-refractivity contribution in [1.82, 2.24) is 0 Å². The van der Waals surface area contributed by atoms with Crippen LogP contribution in [0.15, 0.2) is 0 Å². The van der Waals surface area contributed by atoms with Gasteiger partial charge in [-0.2, -0.15) is 0 Å². The Hall–Kier alpha value is 1.19. The van der Waals surface area contributed by atoms with E-state index in [4.69, 9.17) is 0 Å². The van der Waals surface area contributed by atoms with Gasteiger partial charge in [0.1, 0.15) is 0 Å². The van der Waals surface area contributed by atoms with Crippen molar-refractivity contribution in [3.63, 3.8) is 0 Å². The molecule has 0 fully saturated rings. The minimum Gasteiger partial charge on any atom is -1.00 e. The molecule has 0 bridgehead atoms. The van der Waals surface area contributed by atoms with Crippen LogP contribution in [0, 0.1) is 0 Å². The van der Waals surface area contributed by atoms with Crippen molar-refractivity contribution in [1.29, 1.82) is 0 Å². The summed E-state index contributed by atoms with van der Waals surface area (Å²) < 4.78 is 11.3. The van der Waals surface area contributed by atoms with E-state index in [0.717, 1.165) is 25.7 Å². The first-order valence-electron chi connectivity index (χ1n) is 4.43. The number of rotatable bonds is 6. The van der Waals surface area contributed by atoms with Crippen LogP contribution in [0.5, 0.6) is 0 Å². The average Bonchev–Trinajstić information content (AvgIpc) is 1.97. The molecule has 0 amide bonds. The van der Waals surface area contributed by atoms with E-state index in [9.17, 15) is 9.46 Å². The van der Waals surface area contributed by atoms with Gasteiger partial charge in [-0.25, -0.2) is 0 Å². The summed E-state index contributed by atoms with van der Waals surface area (Å²) in [5.74, 6) is 0. The summed E-state index contributed by atoms with van der Waals surface area (Å²) in [5.41, 5.74) is 0. The molecular formula is C8H20NaO2P. The van der Waals surface area contributed by atoms with E-state index in [1.165, 1.54) is 0 Å². The normalized spacial score (nSPS) is 10.9. The average molecular weight is 202 g/mol. The summed E-state index contributed by atoms with van der Waals surface area (Å²) >= 11 is 0. The monoisotopic (exact) mass is 202 g/mol. The molecule has 0 radical (unpaired) electrons. The van der Waals surface area contributed by atoms with Crippen LogP contribution in [-0.4, -0.2) is 17.2 Å². The molecule has 0 atom stereocenters. The Balaban J connectivity index is -0.000000500. The van der Waals surface area contributed by atoms with Crippen molar-refractivity contribution in [3.05, 3.63) is 0 Å². The van der Waals surface area contributed by atoms with Crippen LogP contribution >= 0.6 is 7.37 Å². The molecular weight excluding hydrogens is 182 g/mol. The van der Waals surface area contributed by atoms with Crippen molar-refractivity contribution in [2.45, 2.75) is 39.5 Å². The molecule has 4 heteroatoms. The van der Waals surface area contributed by atoms with Gasteiger partial charge in [-0.05, 0) is 12.8 Å². The second-order valence-corrected chi connectivity index (χ2v) is 5.59. The summed E-state index contributed by atoms with van der Waals surface area (Å²) in [5, 5.41) is 0. The van der Waals surface area contributed by atoms with E-state index in [2.05, 4.69) is 0 Å². The Kier molecular flexibility index (Phi) is 11.4. The fourth-order valence-electron chi connectivity index (χ4n) is 0.922. The summed E-state index contributed by atoms with van der Waals surface area (Å²) in [6.45, 7) is 4.08. The predicted octanol–water partition coefficient (Wildman–Crippen LogP) is -0.0265.